The molecular formula is C19H20N4O. The largest absolute Gasteiger partial charge is 0.390 e. The minimum atomic E-state index is -0.0473. The van der Waals surface area contributed by atoms with Crippen molar-refractivity contribution in [2.75, 3.05) is 0 Å². The van der Waals surface area contributed by atoms with Gasteiger partial charge in [-0.25, -0.2) is 0 Å². The normalized spacial score (nSPS) is 10.9. The van der Waals surface area contributed by atoms with E-state index in [9.17, 15) is 5.11 Å². The highest BCUT2D eigenvalue weighted by Gasteiger charge is 2.11. The molecule has 0 atom stereocenters. The van der Waals surface area contributed by atoms with Gasteiger partial charge in [0.05, 0.1) is 29.4 Å². The van der Waals surface area contributed by atoms with E-state index in [1.54, 1.807) is 12.4 Å². The van der Waals surface area contributed by atoms with Gasteiger partial charge in [-0.2, -0.15) is 0 Å². The van der Waals surface area contributed by atoms with Crippen molar-refractivity contribution in [3.8, 4) is 0 Å². The average Bonchev–Trinajstić information content (AvgIpc) is 2.63. The molecule has 122 valence electrons. The van der Waals surface area contributed by atoms with Crippen LogP contribution in [0.3, 0.4) is 0 Å². The first-order valence-electron chi connectivity index (χ1n) is 7.91. The Morgan fingerprint density at radius 3 is 1.75 bits per heavy atom. The van der Waals surface area contributed by atoms with Crippen molar-refractivity contribution < 1.29 is 5.11 Å². The zero-order valence-corrected chi connectivity index (χ0v) is 13.4. The van der Waals surface area contributed by atoms with E-state index < -0.39 is 0 Å². The molecule has 0 fully saturated rings. The summed E-state index contributed by atoms with van der Waals surface area (Å²) in [6.07, 6.45) is 3.61. The minimum absolute atomic E-state index is 0.0473. The van der Waals surface area contributed by atoms with Crippen molar-refractivity contribution in [1.82, 2.24) is 19.9 Å². The van der Waals surface area contributed by atoms with Crippen molar-refractivity contribution >= 4 is 0 Å². The molecule has 0 aliphatic heterocycles. The van der Waals surface area contributed by atoms with E-state index in [1.165, 1.54) is 0 Å². The van der Waals surface area contributed by atoms with Crippen LogP contribution in [-0.4, -0.2) is 25.0 Å². The Kier molecular flexibility index (Phi) is 5.61. The van der Waals surface area contributed by atoms with Crippen molar-refractivity contribution in [1.29, 1.82) is 0 Å². The maximum atomic E-state index is 9.27. The molecule has 0 aliphatic carbocycles. The highest BCUT2D eigenvalue weighted by molar-refractivity contribution is 5.12. The topological polar surface area (TPSA) is 62.1 Å². The molecule has 0 saturated carbocycles. The van der Waals surface area contributed by atoms with Gasteiger partial charge in [0.2, 0.25) is 0 Å². The van der Waals surface area contributed by atoms with E-state index in [2.05, 4.69) is 19.9 Å². The van der Waals surface area contributed by atoms with E-state index in [-0.39, 0.29) is 6.61 Å². The van der Waals surface area contributed by atoms with Crippen LogP contribution < -0.4 is 0 Å². The lowest BCUT2D eigenvalue weighted by molar-refractivity contribution is 0.237. The van der Waals surface area contributed by atoms with Crippen LogP contribution in [0.5, 0.6) is 0 Å². The molecule has 5 nitrogen and oxygen atoms in total. The standard InChI is InChI=1S/C19H20N4O/c24-15-19-9-5-8-18(22-19)14-23(12-16-6-1-3-10-20-16)13-17-7-2-4-11-21-17/h1-11,24H,12-15H2. The third-order valence-corrected chi connectivity index (χ3v) is 3.64. The summed E-state index contributed by atoms with van der Waals surface area (Å²) in [5, 5.41) is 9.27. The molecule has 0 saturated heterocycles. The van der Waals surface area contributed by atoms with Crippen LogP contribution in [0.2, 0.25) is 0 Å². The maximum absolute atomic E-state index is 9.27. The fraction of sp³-hybridized carbons (Fsp3) is 0.211. The van der Waals surface area contributed by atoms with E-state index in [0.29, 0.717) is 25.3 Å². The van der Waals surface area contributed by atoms with Gasteiger partial charge in [-0.1, -0.05) is 18.2 Å². The first-order chi connectivity index (χ1) is 11.8. The number of hydrogen-bond donors (Lipinski definition) is 1. The van der Waals surface area contributed by atoms with Gasteiger partial charge in [0, 0.05) is 32.0 Å². The van der Waals surface area contributed by atoms with Crippen LogP contribution in [0.1, 0.15) is 22.8 Å². The number of aliphatic hydroxyl groups excluding tert-OH is 1. The van der Waals surface area contributed by atoms with E-state index >= 15 is 0 Å². The highest BCUT2D eigenvalue weighted by Crippen LogP contribution is 2.11. The molecule has 0 aliphatic rings. The lowest BCUT2D eigenvalue weighted by Gasteiger charge is -2.21. The Labute approximate surface area is 141 Å². The third kappa shape index (κ3) is 4.68. The number of aromatic nitrogens is 3. The van der Waals surface area contributed by atoms with Gasteiger partial charge >= 0.3 is 0 Å². The van der Waals surface area contributed by atoms with Crippen molar-refractivity contribution in [2.24, 2.45) is 0 Å². The minimum Gasteiger partial charge on any atom is -0.390 e. The van der Waals surface area contributed by atoms with Gasteiger partial charge in [0.1, 0.15) is 0 Å². The van der Waals surface area contributed by atoms with Gasteiger partial charge in [0.25, 0.3) is 0 Å². The molecule has 0 amide bonds. The fourth-order valence-corrected chi connectivity index (χ4v) is 2.54. The SMILES string of the molecule is OCc1cccc(CN(Cc2ccccn2)Cc2ccccn2)n1. The van der Waals surface area contributed by atoms with Gasteiger partial charge < -0.3 is 5.11 Å². The summed E-state index contributed by atoms with van der Waals surface area (Å²) in [4.78, 5) is 15.6. The van der Waals surface area contributed by atoms with E-state index in [1.807, 2.05) is 54.6 Å². The molecule has 1 N–H and O–H groups in total. The Bertz CT molecular complexity index is 708. The number of hydrogen-bond acceptors (Lipinski definition) is 5. The molecule has 0 spiro atoms. The summed E-state index contributed by atoms with van der Waals surface area (Å²) in [7, 11) is 0. The zero-order valence-electron chi connectivity index (χ0n) is 13.4. The molecule has 3 aromatic heterocycles. The Morgan fingerprint density at radius 2 is 1.21 bits per heavy atom. The molecule has 24 heavy (non-hydrogen) atoms. The fourth-order valence-electron chi connectivity index (χ4n) is 2.54. The Morgan fingerprint density at radius 1 is 0.667 bits per heavy atom. The van der Waals surface area contributed by atoms with Crippen LogP contribution in [0, 0.1) is 0 Å². The van der Waals surface area contributed by atoms with E-state index in [4.69, 9.17) is 0 Å². The quantitative estimate of drug-likeness (QED) is 0.725. The third-order valence-electron chi connectivity index (χ3n) is 3.64. The number of nitrogens with zero attached hydrogens (tertiary/aromatic N) is 4. The molecule has 3 aromatic rings. The van der Waals surface area contributed by atoms with Gasteiger partial charge in [-0.3, -0.25) is 19.9 Å². The summed E-state index contributed by atoms with van der Waals surface area (Å²) in [6.45, 7) is 2.04. The van der Waals surface area contributed by atoms with Crippen LogP contribution in [0.15, 0.2) is 67.0 Å². The van der Waals surface area contributed by atoms with Crippen LogP contribution in [0.4, 0.5) is 0 Å². The molecule has 0 unspecified atom stereocenters. The van der Waals surface area contributed by atoms with Crippen LogP contribution in [0.25, 0.3) is 0 Å². The molecule has 0 aromatic carbocycles. The van der Waals surface area contributed by atoms with Crippen LogP contribution in [-0.2, 0) is 26.2 Å². The number of pyridine rings is 3. The van der Waals surface area contributed by atoms with Gasteiger partial charge in [0.15, 0.2) is 0 Å². The predicted molar refractivity (Wildman–Crippen MR) is 91.6 cm³/mol. The van der Waals surface area contributed by atoms with E-state index in [0.717, 1.165) is 17.1 Å². The second-order valence-corrected chi connectivity index (χ2v) is 5.57. The lowest BCUT2D eigenvalue weighted by atomic mass is 10.2. The summed E-state index contributed by atoms with van der Waals surface area (Å²) in [5.41, 5.74) is 3.62. The summed E-state index contributed by atoms with van der Waals surface area (Å²) in [6, 6.07) is 17.6. The zero-order chi connectivity index (χ0) is 16.6. The van der Waals surface area contributed by atoms with Gasteiger partial charge in [-0.05, 0) is 36.4 Å². The molecule has 5 heteroatoms. The van der Waals surface area contributed by atoms with Crippen molar-refractivity contribution in [3.05, 3.63) is 89.8 Å². The summed E-state index contributed by atoms with van der Waals surface area (Å²) >= 11 is 0. The highest BCUT2D eigenvalue weighted by atomic mass is 16.3. The monoisotopic (exact) mass is 320 g/mol. The molecule has 0 radical (unpaired) electrons. The smallest absolute Gasteiger partial charge is 0.0853 e. The summed E-state index contributed by atoms with van der Waals surface area (Å²) in [5.74, 6) is 0. The molecular weight excluding hydrogens is 300 g/mol. The number of aliphatic hydroxyl groups is 1. The van der Waals surface area contributed by atoms with Gasteiger partial charge in [-0.15, -0.1) is 0 Å². The average molecular weight is 320 g/mol. The van der Waals surface area contributed by atoms with Crippen LogP contribution >= 0.6 is 0 Å². The molecule has 3 rings (SSSR count). The van der Waals surface area contributed by atoms with Crippen molar-refractivity contribution in [2.45, 2.75) is 26.2 Å². The molecule has 3 heterocycles. The first-order valence-corrected chi connectivity index (χ1v) is 7.91. The second kappa shape index (κ2) is 8.29. The predicted octanol–water partition coefficient (Wildman–Crippen LogP) is 2.57. The first kappa shape index (κ1) is 16.2. The molecule has 0 bridgehead atoms. The maximum Gasteiger partial charge on any atom is 0.0853 e. The Balaban J connectivity index is 1.78. The van der Waals surface area contributed by atoms with Crippen molar-refractivity contribution in [3.63, 3.8) is 0 Å². The second-order valence-electron chi connectivity index (χ2n) is 5.57. The summed E-state index contributed by atoms with van der Waals surface area (Å²) < 4.78 is 0. The Hall–Kier alpha value is -2.63. The number of rotatable bonds is 7. The lowest BCUT2D eigenvalue weighted by Crippen LogP contribution is -2.24.